The smallest absolute Gasteiger partial charge is 0.177 e. The fraction of sp³-hybridized carbons (Fsp3) is 0.462. The lowest BCUT2D eigenvalue weighted by atomic mass is 10.1. The minimum Gasteiger partial charge on any atom is -0.355 e. The van der Waals surface area contributed by atoms with Crippen LogP contribution in [0.25, 0.3) is 10.6 Å². The molecular formula is C13H18ClN3OS. The molecule has 19 heavy (non-hydrogen) atoms. The van der Waals surface area contributed by atoms with Crippen molar-refractivity contribution in [2.45, 2.75) is 25.4 Å². The second kappa shape index (κ2) is 6.52. The molecule has 1 fully saturated rings. The van der Waals surface area contributed by atoms with Crippen molar-refractivity contribution in [2.75, 3.05) is 13.1 Å². The number of rotatable bonds is 3. The van der Waals surface area contributed by atoms with E-state index in [4.69, 9.17) is 10.3 Å². The molecule has 0 unspecified atom stereocenters. The highest BCUT2D eigenvalue weighted by atomic mass is 35.5. The van der Waals surface area contributed by atoms with Crippen molar-refractivity contribution >= 4 is 23.7 Å². The van der Waals surface area contributed by atoms with Gasteiger partial charge in [0, 0.05) is 31.7 Å². The Labute approximate surface area is 123 Å². The third-order valence-electron chi connectivity index (χ3n) is 3.34. The lowest BCUT2D eigenvalue weighted by Gasteiger charge is -2.29. The number of nitrogens with two attached hydrogens (primary N) is 1. The molecule has 0 radical (unpaired) electrons. The van der Waals surface area contributed by atoms with Crippen molar-refractivity contribution in [3.05, 3.63) is 29.3 Å². The predicted molar refractivity (Wildman–Crippen MR) is 79.6 cm³/mol. The lowest BCUT2D eigenvalue weighted by molar-refractivity contribution is 0.200. The van der Waals surface area contributed by atoms with E-state index in [-0.39, 0.29) is 12.4 Å². The van der Waals surface area contributed by atoms with Gasteiger partial charge < -0.3 is 10.3 Å². The molecule has 0 spiro atoms. The van der Waals surface area contributed by atoms with Gasteiger partial charge in [0.15, 0.2) is 5.76 Å². The SMILES string of the molecule is Cl.NC1CCN(Cc2cc(-c3cccs3)on2)CC1. The van der Waals surface area contributed by atoms with Crippen molar-refractivity contribution in [2.24, 2.45) is 5.73 Å². The van der Waals surface area contributed by atoms with Gasteiger partial charge in [-0.15, -0.1) is 23.7 Å². The summed E-state index contributed by atoms with van der Waals surface area (Å²) in [6.07, 6.45) is 2.16. The molecule has 0 bridgehead atoms. The molecule has 0 aliphatic carbocycles. The summed E-state index contributed by atoms with van der Waals surface area (Å²) in [7, 11) is 0. The van der Waals surface area contributed by atoms with Gasteiger partial charge in [0.05, 0.1) is 10.6 Å². The van der Waals surface area contributed by atoms with E-state index >= 15 is 0 Å². The van der Waals surface area contributed by atoms with E-state index < -0.39 is 0 Å². The summed E-state index contributed by atoms with van der Waals surface area (Å²) in [6, 6.07) is 6.49. The maximum Gasteiger partial charge on any atom is 0.177 e. The molecule has 1 aliphatic heterocycles. The monoisotopic (exact) mass is 299 g/mol. The molecular weight excluding hydrogens is 282 g/mol. The Morgan fingerprint density at radius 2 is 2.21 bits per heavy atom. The van der Waals surface area contributed by atoms with E-state index in [2.05, 4.69) is 16.1 Å². The maximum absolute atomic E-state index is 5.90. The van der Waals surface area contributed by atoms with Gasteiger partial charge >= 0.3 is 0 Å². The Bertz CT molecular complexity index is 492. The molecule has 2 aromatic heterocycles. The van der Waals surface area contributed by atoms with E-state index in [9.17, 15) is 0 Å². The standard InChI is InChI=1S/C13H17N3OS.ClH/c14-10-3-5-16(6-4-10)9-11-8-12(17-15-11)13-2-1-7-18-13;/h1-2,7-8,10H,3-6,9,14H2;1H. The van der Waals surface area contributed by atoms with E-state index in [0.29, 0.717) is 6.04 Å². The van der Waals surface area contributed by atoms with Crippen molar-refractivity contribution in [3.8, 4) is 10.6 Å². The summed E-state index contributed by atoms with van der Waals surface area (Å²) < 4.78 is 5.38. The molecule has 6 heteroatoms. The van der Waals surface area contributed by atoms with Gasteiger partial charge in [0.2, 0.25) is 0 Å². The average molecular weight is 300 g/mol. The average Bonchev–Trinajstić information content (AvgIpc) is 3.02. The molecule has 3 heterocycles. The van der Waals surface area contributed by atoms with Gasteiger partial charge in [-0.05, 0) is 24.3 Å². The summed E-state index contributed by atoms with van der Waals surface area (Å²) in [4.78, 5) is 3.52. The Kier molecular flexibility index (Phi) is 4.99. The highest BCUT2D eigenvalue weighted by molar-refractivity contribution is 7.13. The minimum atomic E-state index is 0. The van der Waals surface area contributed by atoms with Gasteiger partial charge in [-0.2, -0.15) is 0 Å². The van der Waals surface area contributed by atoms with Crippen LogP contribution in [0.15, 0.2) is 28.1 Å². The third kappa shape index (κ3) is 3.57. The van der Waals surface area contributed by atoms with E-state index in [1.807, 2.05) is 17.5 Å². The van der Waals surface area contributed by atoms with Gasteiger partial charge in [-0.1, -0.05) is 11.2 Å². The van der Waals surface area contributed by atoms with Crippen LogP contribution in [0.4, 0.5) is 0 Å². The molecule has 0 atom stereocenters. The van der Waals surface area contributed by atoms with E-state index in [1.165, 1.54) is 0 Å². The number of thiophene rings is 1. The van der Waals surface area contributed by atoms with Gasteiger partial charge in [-0.25, -0.2) is 0 Å². The normalized spacial score (nSPS) is 17.3. The van der Waals surface area contributed by atoms with Crippen LogP contribution in [0.2, 0.25) is 0 Å². The fourth-order valence-corrected chi connectivity index (χ4v) is 2.93. The first kappa shape index (κ1) is 14.5. The van der Waals surface area contributed by atoms with Crippen molar-refractivity contribution < 1.29 is 4.52 Å². The molecule has 0 saturated carbocycles. The van der Waals surface area contributed by atoms with E-state index in [0.717, 1.165) is 48.8 Å². The molecule has 3 rings (SSSR count). The van der Waals surface area contributed by atoms with E-state index in [1.54, 1.807) is 11.3 Å². The quantitative estimate of drug-likeness (QED) is 0.947. The molecule has 104 valence electrons. The number of aromatic nitrogens is 1. The van der Waals surface area contributed by atoms with Crippen LogP contribution < -0.4 is 5.73 Å². The van der Waals surface area contributed by atoms with Crippen LogP contribution >= 0.6 is 23.7 Å². The molecule has 2 aromatic rings. The second-order valence-electron chi connectivity index (χ2n) is 4.77. The van der Waals surface area contributed by atoms with Gasteiger partial charge in [0.1, 0.15) is 0 Å². The molecule has 1 saturated heterocycles. The van der Waals surface area contributed by atoms with Gasteiger partial charge in [-0.3, -0.25) is 4.90 Å². The first-order chi connectivity index (χ1) is 8.81. The predicted octanol–water partition coefficient (Wildman–Crippen LogP) is 2.75. The highest BCUT2D eigenvalue weighted by Crippen LogP contribution is 2.25. The molecule has 1 aliphatic rings. The zero-order valence-electron chi connectivity index (χ0n) is 10.6. The number of hydrogen-bond donors (Lipinski definition) is 1. The number of hydrogen-bond acceptors (Lipinski definition) is 5. The topological polar surface area (TPSA) is 55.3 Å². The first-order valence-corrected chi connectivity index (χ1v) is 7.16. The zero-order chi connectivity index (χ0) is 12.4. The second-order valence-corrected chi connectivity index (χ2v) is 5.72. The van der Waals surface area contributed by atoms with Crippen molar-refractivity contribution in [1.82, 2.24) is 10.1 Å². The summed E-state index contributed by atoms with van der Waals surface area (Å²) in [6.45, 7) is 2.98. The van der Waals surface area contributed by atoms with Crippen LogP contribution in [-0.4, -0.2) is 29.2 Å². The summed E-state index contributed by atoms with van der Waals surface area (Å²) in [5.41, 5.74) is 6.91. The Morgan fingerprint density at radius 1 is 1.42 bits per heavy atom. The zero-order valence-corrected chi connectivity index (χ0v) is 12.3. The van der Waals surface area contributed by atoms with Crippen molar-refractivity contribution in [1.29, 1.82) is 0 Å². The van der Waals surface area contributed by atoms with Crippen LogP contribution in [0, 0.1) is 0 Å². The highest BCUT2D eigenvalue weighted by Gasteiger charge is 2.17. The molecule has 0 aromatic carbocycles. The Balaban J connectivity index is 0.00000133. The summed E-state index contributed by atoms with van der Waals surface area (Å²) in [5, 5.41) is 6.19. The third-order valence-corrected chi connectivity index (χ3v) is 4.23. The number of halogens is 1. The minimum absolute atomic E-state index is 0. The van der Waals surface area contributed by atoms with Crippen LogP contribution in [0.1, 0.15) is 18.5 Å². The van der Waals surface area contributed by atoms with Crippen molar-refractivity contribution in [3.63, 3.8) is 0 Å². The maximum atomic E-state index is 5.90. The van der Waals surface area contributed by atoms with Gasteiger partial charge in [0.25, 0.3) is 0 Å². The largest absolute Gasteiger partial charge is 0.355 e. The lowest BCUT2D eigenvalue weighted by Crippen LogP contribution is -2.39. The fourth-order valence-electron chi connectivity index (χ4n) is 2.26. The molecule has 2 N–H and O–H groups in total. The van der Waals surface area contributed by atoms with Crippen LogP contribution in [0.5, 0.6) is 0 Å². The summed E-state index contributed by atoms with van der Waals surface area (Å²) >= 11 is 1.67. The van der Waals surface area contributed by atoms with Crippen LogP contribution in [0.3, 0.4) is 0 Å². The van der Waals surface area contributed by atoms with Crippen LogP contribution in [-0.2, 0) is 6.54 Å². The summed E-state index contributed by atoms with van der Waals surface area (Å²) in [5.74, 6) is 0.869. The number of likely N-dealkylation sites (tertiary alicyclic amines) is 1. The number of piperidine rings is 1. The Morgan fingerprint density at radius 3 is 2.89 bits per heavy atom. The first-order valence-electron chi connectivity index (χ1n) is 6.28. The number of nitrogens with zero attached hydrogens (tertiary/aromatic N) is 2. The Hall–Kier alpha value is -0.880. The molecule has 0 amide bonds. The molecule has 4 nitrogen and oxygen atoms in total.